The van der Waals surface area contributed by atoms with Gasteiger partial charge in [0.25, 0.3) is 17.7 Å². The quantitative estimate of drug-likeness (QED) is 0.0575. The van der Waals surface area contributed by atoms with Crippen molar-refractivity contribution < 1.29 is 55.2 Å². The Morgan fingerprint density at radius 2 is 0.900 bits per heavy atom. The second-order valence-corrected chi connectivity index (χ2v) is 20.9. The first-order valence-corrected chi connectivity index (χ1v) is 29.0. The SMILES string of the molecule is [2H]C([2H])(C)C([2H])([2H])N[C@@H]1c2cccc(-c3noc(-c4ccc(OC(C)C)c([N+]#[C-])c4)n3)c2C([2H])([2H])C1([2H])[2H].[2H]C([2H])(CC)N[C@]1([2H])c2cccc(-c3noc(-c4ccc(OC(C)C)c([N+]#[C-])c4)n3)c2C([2H])([2H])C1([2H])[2H].[2H]C1([2H])c2c(-c3noc(-c4ccc(OC(C)C)c([N+]#[C-])c4)n3)cccc2[C@@]([2H])(NCCC)C1([2H])[2H]. The van der Waals surface area contributed by atoms with E-state index in [1.165, 1.54) is 36.4 Å². The number of ether oxygens (including phenoxy) is 3. The lowest BCUT2D eigenvalue weighted by Gasteiger charge is -2.13. The molecule has 0 radical (unpaired) electrons. The summed E-state index contributed by atoms with van der Waals surface area (Å²) in [5.74, 6) is 1.54. The van der Waals surface area contributed by atoms with Crippen LogP contribution in [0, 0.1) is 19.7 Å². The molecule has 0 amide bonds. The van der Waals surface area contributed by atoms with Crippen LogP contribution >= 0.6 is 0 Å². The fourth-order valence-electron chi connectivity index (χ4n) is 9.45. The Labute approximate surface area is 555 Å². The average Bonchev–Trinajstić information content (AvgIpc) is 1.54. The Hall–Kier alpha value is -9.51. The standard InChI is InChI=1S/3C24H26N4O2/c3*1-5-13-26-20-11-10-17-18(20)7-6-8-19(17)23-27-24(30-28-23)16-9-12-22(29-15(2)3)21(14-16)25-4/h3*6-9,12,14-15,20,26H,5,10-11,13H2,1-3H3/t3*20-/m000/s1/i10D2,11D2,13D2,20D;5D2,10D2,11D2,13D2;10D2,11D2,20D. The molecule has 3 aromatic heterocycles. The van der Waals surface area contributed by atoms with Gasteiger partial charge in [0.2, 0.25) is 34.5 Å². The number of rotatable bonds is 21. The van der Waals surface area contributed by atoms with Crippen LogP contribution in [0.25, 0.3) is 83.1 Å². The molecular formula is C72H78N12O6. The Morgan fingerprint density at radius 3 is 1.28 bits per heavy atom. The van der Waals surface area contributed by atoms with E-state index in [1.54, 1.807) is 79.7 Å². The van der Waals surface area contributed by atoms with Crippen LogP contribution in [0.15, 0.2) is 123 Å². The first-order valence-electron chi connectivity index (χ1n) is 39.0. The summed E-state index contributed by atoms with van der Waals surface area (Å²) in [5.41, 5.74) is 2.79. The molecule has 3 aliphatic rings. The molecule has 0 saturated carbocycles. The maximum Gasteiger partial charge on any atom is 0.256 e. The molecule has 3 atom stereocenters. The molecule has 12 rings (SSSR count). The van der Waals surface area contributed by atoms with E-state index < -0.39 is 75.7 Å². The van der Waals surface area contributed by atoms with Crippen molar-refractivity contribution in [2.75, 3.05) is 19.5 Å². The summed E-state index contributed by atoms with van der Waals surface area (Å²) in [6, 6.07) is 22.4. The number of nitrogens with one attached hydrogen (secondary N) is 3. The van der Waals surface area contributed by atoms with E-state index in [0.717, 1.165) is 6.92 Å². The lowest BCUT2D eigenvalue weighted by Crippen LogP contribution is -2.19. The molecular weight excluding hydrogens is 1130 g/mol. The number of nitrogens with zero attached hydrogens (tertiary/aromatic N) is 9. The minimum atomic E-state index is -2.84. The number of hydrogen-bond acceptors (Lipinski definition) is 15. The van der Waals surface area contributed by atoms with Crippen LogP contribution in [-0.4, -0.2) is 68.3 Å². The van der Waals surface area contributed by atoms with Gasteiger partial charge >= 0.3 is 0 Å². The van der Waals surface area contributed by atoms with Crippen LogP contribution in [0.1, 0.15) is 180 Å². The normalized spacial score (nSPS) is 24.0. The van der Waals surface area contributed by atoms with Crippen LogP contribution in [0.4, 0.5) is 17.1 Å². The Kier molecular flexibility index (Phi) is 14.0. The largest absolute Gasteiger partial charge is 0.502 e. The number of aromatic nitrogens is 6. The molecule has 0 saturated heterocycles. The first kappa shape index (κ1) is 42.4. The van der Waals surface area contributed by atoms with Gasteiger partial charge in [0, 0.05) is 76.1 Å². The van der Waals surface area contributed by atoms with E-state index in [4.69, 9.17) is 74.9 Å². The van der Waals surface area contributed by atoms with Crippen molar-refractivity contribution >= 4 is 17.1 Å². The summed E-state index contributed by atoms with van der Waals surface area (Å²) in [4.78, 5) is 23.7. The van der Waals surface area contributed by atoms with Gasteiger partial charge in [0.1, 0.15) is 17.2 Å². The van der Waals surface area contributed by atoms with Gasteiger partial charge in [-0.15, -0.1) is 0 Å². The zero-order chi connectivity index (χ0) is 81.2. The smallest absolute Gasteiger partial charge is 0.256 e. The van der Waals surface area contributed by atoms with Gasteiger partial charge in [-0.25, -0.2) is 14.5 Å². The zero-order valence-electron chi connectivity index (χ0n) is 70.8. The first-order chi connectivity index (χ1) is 51.2. The summed E-state index contributed by atoms with van der Waals surface area (Å²) in [6.07, 6.45) is -17.9. The van der Waals surface area contributed by atoms with Gasteiger partial charge in [0.05, 0.1) is 40.8 Å². The highest BCUT2D eigenvalue weighted by molar-refractivity contribution is 5.74. The van der Waals surface area contributed by atoms with Gasteiger partial charge in [-0.1, -0.05) is 90.8 Å². The molecule has 0 spiro atoms. The maximum absolute atomic E-state index is 8.92. The molecule has 0 fully saturated rings. The monoisotopic (exact) mass is 1230 g/mol. The molecule has 90 heavy (non-hydrogen) atoms. The van der Waals surface area contributed by atoms with Gasteiger partial charge in [-0.3, -0.25) is 0 Å². The van der Waals surface area contributed by atoms with E-state index in [-0.39, 0.29) is 121 Å². The molecule has 3 N–H and O–H groups in total. The summed E-state index contributed by atoms with van der Waals surface area (Å²) in [5, 5.41) is 19.7. The average molecular weight is 1230 g/mol. The van der Waals surface area contributed by atoms with Crippen LogP contribution in [0.2, 0.25) is 0 Å². The molecule has 462 valence electrons. The summed E-state index contributed by atoms with van der Waals surface area (Å²) in [6.45, 7) is 33.5. The molecule has 18 heteroatoms. The Morgan fingerprint density at radius 1 is 0.511 bits per heavy atom. The zero-order valence-corrected chi connectivity index (χ0v) is 50.8. The number of fused-ring (bicyclic) bond motifs is 3. The lowest BCUT2D eigenvalue weighted by atomic mass is 10.0. The number of benzene rings is 6. The van der Waals surface area contributed by atoms with Crippen molar-refractivity contribution in [3.8, 4) is 85.8 Å². The third-order valence-corrected chi connectivity index (χ3v) is 13.4. The summed E-state index contributed by atoms with van der Waals surface area (Å²) < 4.78 is 202. The van der Waals surface area contributed by atoms with Crippen molar-refractivity contribution in [3.05, 3.63) is 177 Å². The predicted octanol–water partition coefficient (Wildman–Crippen LogP) is 17.2. The fourth-order valence-corrected chi connectivity index (χ4v) is 9.45. The molecule has 0 unspecified atom stereocenters. The van der Waals surface area contributed by atoms with Crippen molar-refractivity contribution in [3.63, 3.8) is 0 Å². The van der Waals surface area contributed by atoms with Crippen LogP contribution in [0.3, 0.4) is 0 Å². The van der Waals surface area contributed by atoms with E-state index >= 15 is 0 Å². The third-order valence-electron chi connectivity index (χ3n) is 13.4. The van der Waals surface area contributed by atoms with E-state index in [9.17, 15) is 0 Å². The minimum absolute atomic E-state index is 0.0159. The summed E-state index contributed by atoms with van der Waals surface area (Å²) >= 11 is 0. The topological polar surface area (TPSA) is 194 Å². The fraction of sp³-hybridized carbons (Fsp3) is 0.375. The molecule has 0 aliphatic heterocycles. The van der Waals surface area contributed by atoms with Gasteiger partial charge < -0.3 is 43.7 Å². The van der Waals surface area contributed by atoms with Crippen LogP contribution in [-0.2, 0) is 19.1 Å². The second-order valence-electron chi connectivity index (χ2n) is 20.9. The third kappa shape index (κ3) is 14.6. The van der Waals surface area contributed by atoms with Gasteiger partial charge in [-0.2, -0.15) is 15.0 Å². The van der Waals surface area contributed by atoms with E-state index in [1.807, 2.05) is 48.5 Å². The lowest BCUT2D eigenvalue weighted by molar-refractivity contribution is 0.244. The van der Waals surface area contributed by atoms with Crippen LogP contribution < -0.4 is 30.2 Å². The highest BCUT2D eigenvalue weighted by atomic mass is 16.5. The minimum Gasteiger partial charge on any atom is -0.502 e. The van der Waals surface area contributed by atoms with Crippen LogP contribution in [0.5, 0.6) is 17.2 Å². The predicted molar refractivity (Wildman–Crippen MR) is 350 cm³/mol. The highest BCUT2D eigenvalue weighted by Gasteiger charge is 2.30. The highest BCUT2D eigenvalue weighted by Crippen LogP contribution is 2.42. The number of hydrogen-bond donors (Lipinski definition) is 3. The molecule has 0 bridgehead atoms. The Bertz CT molecular complexity index is 5080. The molecule has 18 nitrogen and oxygen atoms in total. The maximum atomic E-state index is 8.92. The van der Waals surface area contributed by atoms with E-state index in [0.29, 0.717) is 52.6 Å². The van der Waals surface area contributed by atoms with Crippen molar-refractivity contribution in [2.24, 2.45) is 0 Å². The molecule has 6 aromatic carbocycles. The van der Waals surface area contributed by atoms with E-state index in [2.05, 4.69) is 60.9 Å². The Balaban J connectivity index is 0.000000176. The molecule has 9 aromatic rings. The van der Waals surface area contributed by atoms with Crippen molar-refractivity contribution in [1.82, 2.24) is 46.4 Å². The summed E-state index contributed by atoms with van der Waals surface area (Å²) in [7, 11) is 0. The second kappa shape index (κ2) is 29.7. The molecule has 3 heterocycles. The van der Waals surface area contributed by atoms with Gasteiger partial charge in [-0.05, 0) is 207 Å². The van der Waals surface area contributed by atoms with Gasteiger partial charge in [0.15, 0.2) is 0 Å². The van der Waals surface area contributed by atoms with Crippen molar-refractivity contribution in [1.29, 1.82) is 0 Å². The van der Waals surface area contributed by atoms with Crippen molar-refractivity contribution in [2.45, 2.75) is 156 Å². The molecule has 3 aliphatic carbocycles.